The van der Waals surface area contributed by atoms with Crippen LogP contribution >= 0.6 is 0 Å². The van der Waals surface area contributed by atoms with E-state index in [-0.39, 0.29) is 0 Å². The number of likely N-dealkylation sites (N-methyl/N-ethyl adjacent to an activating group) is 2. The van der Waals surface area contributed by atoms with Crippen LogP contribution in [0, 0.1) is 13.8 Å². The molecule has 1 heterocycles. The summed E-state index contributed by atoms with van der Waals surface area (Å²) in [7, 11) is 5.90. The van der Waals surface area contributed by atoms with Crippen LogP contribution in [0.2, 0.25) is 0 Å². The van der Waals surface area contributed by atoms with Gasteiger partial charge in [0.25, 0.3) is 0 Å². The molecule has 100 valence electrons. The average molecular weight is 251 g/mol. The Morgan fingerprint density at radius 3 is 2.39 bits per heavy atom. The van der Waals surface area contributed by atoms with Gasteiger partial charge >= 0.3 is 5.97 Å². The molecule has 0 bridgehead atoms. The molecule has 0 aliphatic rings. The third-order valence-corrected chi connectivity index (χ3v) is 2.82. The number of rotatable bonds is 5. The highest BCUT2D eigenvalue weighted by Gasteiger charge is 2.18. The van der Waals surface area contributed by atoms with Gasteiger partial charge in [0.1, 0.15) is 5.56 Å². The molecule has 0 aliphatic carbocycles. The first kappa shape index (κ1) is 14.4. The van der Waals surface area contributed by atoms with E-state index < -0.39 is 5.97 Å². The molecule has 0 saturated heterocycles. The first-order valence-corrected chi connectivity index (χ1v) is 5.90. The Kier molecular flexibility index (Phi) is 4.67. The molecule has 0 amide bonds. The normalized spacial score (nSPS) is 10.8. The van der Waals surface area contributed by atoms with Crippen molar-refractivity contribution in [2.75, 3.05) is 39.1 Å². The molecule has 1 N–H and O–H groups in total. The van der Waals surface area contributed by atoms with Crippen molar-refractivity contribution in [2.24, 2.45) is 0 Å². The summed E-state index contributed by atoms with van der Waals surface area (Å²) in [6.07, 6.45) is 0. The van der Waals surface area contributed by atoms with Crippen molar-refractivity contribution < 1.29 is 9.90 Å². The van der Waals surface area contributed by atoms with Crippen LogP contribution < -0.4 is 4.90 Å². The second-order valence-corrected chi connectivity index (χ2v) is 4.77. The molecule has 0 atom stereocenters. The van der Waals surface area contributed by atoms with Crippen LogP contribution in [0.4, 0.5) is 5.69 Å². The topological polar surface area (TPSA) is 56.7 Å². The van der Waals surface area contributed by atoms with E-state index in [1.165, 1.54) is 0 Å². The van der Waals surface area contributed by atoms with E-state index in [2.05, 4.69) is 9.88 Å². The number of hydrogen-bond acceptors (Lipinski definition) is 4. The Balaban J connectivity index is 3.09. The second kappa shape index (κ2) is 5.82. The molecule has 0 aromatic carbocycles. The van der Waals surface area contributed by atoms with Gasteiger partial charge in [-0.05, 0) is 34.0 Å². The first-order chi connectivity index (χ1) is 8.32. The summed E-state index contributed by atoms with van der Waals surface area (Å²) < 4.78 is 0. The maximum Gasteiger partial charge on any atom is 0.339 e. The molecule has 0 spiro atoms. The van der Waals surface area contributed by atoms with Crippen molar-refractivity contribution in [2.45, 2.75) is 13.8 Å². The predicted molar refractivity (Wildman–Crippen MR) is 72.5 cm³/mol. The third kappa shape index (κ3) is 3.43. The summed E-state index contributed by atoms with van der Waals surface area (Å²) in [4.78, 5) is 19.6. The minimum absolute atomic E-state index is 0.293. The lowest BCUT2D eigenvalue weighted by Crippen LogP contribution is -2.30. The van der Waals surface area contributed by atoms with Gasteiger partial charge in [0.15, 0.2) is 0 Å². The Morgan fingerprint density at radius 2 is 1.89 bits per heavy atom. The maximum atomic E-state index is 11.3. The second-order valence-electron chi connectivity index (χ2n) is 4.77. The smallest absolute Gasteiger partial charge is 0.339 e. The maximum absolute atomic E-state index is 11.3. The summed E-state index contributed by atoms with van der Waals surface area (Å²) in [6, 6.07) is 1.83. The van der Waals surface area contributed by atoms with E-state index in [4.69, 9.17) is 0 Å². The zero-order chi connectivity index (χ0) is 13.9. The number of aromatic nitrogens is 1. The van der Waals surface area contributed by atoms with E-state index in [0.717, 1.165) is 24.5 Å². The van der Waals surface area contributed by atoms with E-state index in [1.807, 2.05) is 39.0 Å². The molecular formula is C13H21N3O2. The third-order valence-electron chi connectivity index (χ3n) is 2.82. The summed E-state index contributed by atoms with van der Waals surface area (Å²) >= 11 is 0. The van der Waals surface area contributed by atoms with Crippen LogP contribution in [0.3, 0.4) is 0 Å². The predicted octanol–water partition coefficient (Wildman–Crippen LogP) is 1.39. The van der Waals surface area contributed by atoms with Gasteiger partial charge in [-0.15, -0.1) is 0 Å². The van der Waals surface area contributed by atoms with Gasteiger partial charge in [0, 0.05) is 25.8 Å². The lowest BCUT2D eigenvalue weighted by molar-refractivity contribution is 0.0696. The number of anilines is 1. The van der Waals surface area contributed by atoms with Crippen LogP contribution in [-0.2, 0) is 0 Å². The van der Waals surface area contributed by atoms with Gasteiger partial charge in [-0.1, -0.05) is 0 Å². The molecule has 0 unspecified atom stereocenters. The SMILES string of the molecule is Cc1cc(N(C)CCN(C)C)c(C(=O)O)c(C)n1. The van der Waals surface area contributed by atoms with Crippen LogP contribution in [0.25, 0.3) is 0 Å². The number of carboxylic acids is 1. The van der Waals surface area contributed by atoms with E-state index in [0.29, 0.717) is 11.3 Å². The lowest BCUT2D eigenvalue weighted by Gasteiger charge is -2.24. The number of carboxylic acid groups (broad SMARTS) is 1. The molecule has 0 fully saturated rings. The molecule has 0 saturated carbocycles. The largest absolute Gasteiger partial charge is 0.478 e. The Hall–Kier alpha value is -1.62. The molecule has 1 rings (SSSR count). The minimum atomic E-state index is -0.924. The fourth-order valence-corrected chi connectivity index (χ4v) is 1.84. The zero-order valence-electron chi connectivity index (χ0n) is 11.7. The summed E-state index contributed by atoms with van der Waals surface area (Å²) in [5.74, 6) is -0.924. The van der Waals surface area contributed by atoms with Crippen molar-refractivity contribution in [3.05, 3.63) is 23.0 Å². The molecule has 1 aromatic rings. The zero-order valence-corrected chi connectivity index (χ0v) is 11.7. The number of nitrogens with zero attached hydrogens (tertiary/aromatic N) is 3. The van der Waals surface area contributed by atoms with Crippen LogP contribution in [0.1, 0.15) is 21.7 Å². The summed E-state index contributed by atoms with van der Waals surface area (Å²) in [5.41, 5.74) is 2.43. The fourth-order valence-electron chi connectivity index (χ4n) is 1.84. The summed E-state index contributed by atoms with van der Waals surface area (Å²) in [5, 5.41) is 9.29. The molecule has 1 aromatic heterocycles. The summed E-state index contributed by atoms with van der Waals surface area (Å²) in [6.45, 7) is 5.26. The van der Waals surface area contributed by atoms with Gasteiger partial charge in [-0.2, -0.15) is 0 Å². The fraction of sp³-hybridized carbons (Fsp3) is 0.538. The highest BCUT2D eigenvalue weighted by Crippen LogP contribution is 2.22. The van der Waals surface area contributed by atoms with Crippen molar-refractivity contribution in [1.29, 1.82) is 0 Å². The standard InChI is InChI=1S/C13H21N3O2/c1-9-8-11(16(5)7-6-15(3)4)12(13(17)18)10(2)14-9/h8H,6-7H2,1-5H3,(H,17,18). The number of aromatic carboxylic acids is 1. The van der Waals surface area contributed by atoms with Gasteiger partial charge in [-0.3, -0.25) is 4.98 Å². The van der Waals surface area contributed by atoms with E-state index in [9.17, 15) is 9.90 Å². The number of carbonyl (C=O) groups is 1. The molecular weight excluding hydrogens is 230 g/mol. The van der Waals surface area contributed by atoms with Crippen molar-refractivity contribution in [1.82, 2.24) is 9.88 Å². The Bertz CT molecular complexity index is 444. The average Bonchev–Trinajstić information content (AvgIpc) is 2.23. The van der Waals surface area contributed by atoms with Gasteiger partial charge in [0.2, 0.25) is 0 Å². The Morgan fingerprint density at radius 1 is 1.28 bits per heavy atom. The van der Waals surface area contributed by atoms with Crippen molar-refractivity contribution >= 4 is 11.7 Å². The monoisotopic (exact) mass is 251 g/mol. The lowest BCUT2D eigenvalue weighted by atomic mass is 10.1. The van der Waals surface area contributed by atoms with E-state index in [1.54, 1.807) is 6.92 Å². The quantitative estimate of drug-likeness (QED) is 0.857. The van der Waals surface area contributed by atoms with Gasteiger partial charge in [-0.25, -0.2) is 4.79 Å². The molecule has 18 heavy (non-hydrogen) atoms. The molecule has 0 radical (unpaired) electrons. The Labute approximate surface area is 108 Å². The molecule has 5 nitrogen and oxygen atoms in total. The number of aryl methyl sites for hydroxylation is 2. The first-order valence-electron chi connectivity index (χ1n) is 5.90. The van der Waals surface area contributed by atoms with Crippen molar-refractivity contribution in [3.63, 3.8) is 0 Å². The van der Waals surface area contributed by atoms with Crippen LogP contribution in [-0.4, -0.2) is 55.2 Å². The van der Waals surface area contributed by atoms with Gasteiger partial charge < -0.3 is 14.9 Å². The molecule has 0 aliphatic heterocycles. The highest BCUT2D eigenvalue weighted by atomic mass is 16.4. The molecule has 5 heteroatoms. The minimum Gasteiger partial charge on any atom is -0.478 e. The number of pyridine rings is 1. The van der Waals surface area contributed by atoms with Crippen LogP contribution in [0.5, 0.6) is 0 Å². The van der Waals surface area contributed by atoms with E-state index >= 15 is 0 Å². The number of hydrogen-bond donors (Lipinski definition) is 1. The highest BCUT2D eigenvalue weighted by molar-refractivity contribution is 5.95. The van der Waals surface area contributed by atoms with Crippen LogP contribution in [0.15, 0.2) is 6.07 Å². The van der Waals surface area contributed by atoms with Crippen molar-refractivity contribution in [3.8, 4) is 0 Å². The van der Waals surface area contributed by atoms with Gasteiger partial charge in [0.05, 0.1) is 11.4 Å².